The van der Waals surface area contributed by atoms with Gasteiger partial charge in [0.15, 0.2) is 0 Å². The molecule has 1 aliphatic rings. The van der Waals surface area contributed by atoms with Crippen LogP contribution in [0.25, 0.3) is 0 Å². The second-order valence-electron chi connectivity index (χ2n) is 4.99. The van der Waals surface area contributed by atoms with Crippen molar-refractivity contribution in [1.82, 2.24) is 4.31 Å². The van der Waals surface area contributed by atoms with Crippen molar-refractivity contribution < 1.29 is 8.42 Å². The Balaban J connectivity index is 2.49. The number of anilines is 1. The minimum absolute atomic E-state index is 0.0124. The predicted octanol–water partition coefficient (Wildman–Crippen LogP) is 3.53. The van der Waals surface area contributed by atoms with E-state index in [1.54, 1.807) is 0 Å². The number of hydrogen-bond acceptors (Lipinski definition) is 3. The molecule has 0 aromatic heterocycles. The van der Waals surface area contributed by atoms with Gasteiger partial charge in [-0.3, -0.25) is 0 Å². The number of nitrogens with zero attached hydrogens (tertiary/aromatic N) is 1. The molecule has 0 spiro atoms. The minimum Gasteiger partial charge on any atom is -0.399 e. The Hall–Kier alpha value is -0.490. The van der Waals surface area contributed by atoms with Crippen molar-refractivity contribution in [1.29, 1.82) is 0 Å². The number of hydrogen-bond donors (Lipinski definition) is 1. The normalized spacial score (nSPS) is 21.1. The van der Waals surface area contributed by atoms with Crippen LogP contribution in [0, 0.1) is 0 Å². The third kappa shape index (κ3) is 2.91. The van der Waals surface area contributed by atoms with Crippen molar-refractivity contribution in [2.45, 2.75) is 43.5 Å². The van der Waals surface area contributed by atoms with Gasteiger partial charge in [0.05, 0.1) is 10.0 Å². The third-order valence-corrected chi connectivity index (χ3v) is 6.51. The minimum atomic E-state index is -3.69. The van der Waals surface area contributed by atoms with E-state index in [-0.39, 0.29) is 21.0 Å². The average molecular weight is 337 g/mol. The van der Waals surface area contributed by atoms with Crippen molar-refractivity contribution >= 4 is 38.9 Å². The molecule has 1 aromatic carbocycles. The van der Waals surface area contributed by atoms with Crippen molar-refractivity contribution in [2.75, 3.05) is 12.3 Å². The maximum Gasteiger partial charge on any atom is 0.246 e. The molecule has 7 heteroatoms. The van der Waals surface area contributed by atoms with E-state index in [1.165, 1.54) is 16.4 Å². The van der Waals surface area contributed by atoms with E-state index in [0.717, 1.165) is 25.7 Å². The summed E-state index contributed by atoms with van der Waals surface area (Å²) in [6.07, 6.45) is 3.57. The Morgan fingerprint density at radius 3 is 2.45 bits per heavy atom. The van der Waals surface area contributed by atoms with Crippen LogP contribution in [0.5, 0.6) is 0 Å². The van der Waals surface area contributed by atoms with Gasteiger partial charge in [-0.25, -0.2) is 8.42 Å². The van der Waals surface area contributed by atoms with Gasteiger partial charge < -0.3 is 5.73 Å². The molecule has 2 rings (SSSR count). The zero-order valence-electron chi connectivity index (χ0n) is 11.3. The van der Waals surface area contributed by atoms with Crippen LogP contribution in [-0.4, -0.2) is 25.3 Å². The number of nitrogen functional groups attached to an aromatic ring is 1. The Morgan fingerprint density at radius 1 is 1.30 bits per heavy atom. The molecule has 0 radical (unpaired) electrons. The number of sulfonamides is 1. The fraction of sp³-hybridized carbons (Fsp3) is 0.538. The SMILES string of the molecule is CCC1CCCCN1S(=O)(=O)c1c(Cl)cc(N)cc1Cl. The molecule has 1 unspecified atom stereocenters. The van der Waals surface area contributed by atoms with Crippen LogP contribution in [-0.2, 0) is 10.0 Å². The molecule has 4 nitrogen and oxygen atoms in total. The Morgan fingerprint density at radius 2 is 1.90 bits per heavy atom. The summed E-state index contributed by atoms with van der Waals surface area (Å²) in [7, 11) is -3.69. The van der Waals surface area contributed by atoms with E-state index in [9.17, 15) is 8.42 Å². The van der Waals surface area contributed by atoms with E-state index >= 15 is 0 Å². The van der Waals surface area contributed by atoms with Gasteiger partial charge in [0.1, 0.15) is 4.90 Å². The first-order valence-electron chi connectivity index (χ1n) is 6.64. The topological polar surface area (TPSA) is 63.4 Å². The zero-order valence-corrected chi connectivity index (χ0v) is 13.6. The van der Waals surface area contributed by atoms with E-state index in [0.29, 0.717) is 12.2 Å². The van der Waals surface area contributed by atoms with Gasteiger partial charge in [-0.2, -0.15) is 4.31 Å². The molecule has 20 heavy (non-hydrogen) atoms. The van der Waals surface area contributed by atoms with Gasteiger partial charge >= 0.3 is 0 Å². The number of piperidine rings is 1. The van der Waals surface area contributed by atoms with E-state index in [2.05, 4.69) is 0 Å². The molecule has 0 bridgehead atoms. The van der Waals surface area contributed by atoms with E-state index < -0.39 is 10.0 Å². The maximum atomic E-state index is 12.8. The molecule has 1 heterocycles. The molecule has 0 saturated carbocycles. The number of rotatable bonds is 3. The molecular weight excluding hydrogens is 319 g/mol. The molecule has 1 fully saturated rings. The first-order valence-corrected chi connectivity index (χ1v) is 8.84. The monoisotopic (exact) mass is 336 g/mol. The lowest BCUT2D eigenvalue weighted by molar-refractivity contribution is 0.246. The molecule has 1 atom stereocenters. The molecule has 1 saturated heterocycles. The van der Waals surface area contributed by atoms with Crippen molar-refractivity contribution in [3.8, 4) is 0 Å². The first kappa shape index (κ1) is 15.9. The highest BCUT2D eigenvalue weighted by molar-refractivity contribution is 7.89. The molecular formula is C13H18Cl2N2O2S. The van der Waals surface area contributed by atoms with Crippen LogP contribution in [0.1, 0.15) is 32.6 Å². The summed E-state index contributed by atoms with van der Waals surface area (Å²) in [4.78, 5) is -0.0321. The highest BCUT2D eigenvalue weighted by Gasteiger charge is 2.35. The van der Waals surface area contributed by atoms with Crippen LogP contribution in [0.3, 0.4) is 0 Å². The van der Waals surface area contributed by atoms with Gasteiger partial charge in [0.25, 0.3) is 0 Å². The van der Waals surface area contributed by atoms with Crippen LogP contribution in [0.2, 0.25) is 10.0 Å². The average Bonchev–Trinajstić information content (AvgIpc) is 2.37. The Kier molecular flexibility index (Phi) is 4.84. The van der Waals surface area contributed by atoms with Crippen LogP contribution in [0.4, 0.5) is 5.69 Å². The predicted molar refractivity (Wildman–Crippen MR) is 82.7 cm³/mol. The number of nitrogens with two attached hydrogens (primary N) is 1. The Bertz CT molecular complexity index is 581. The maximum absolute atomic E-state index is 12.8. The second-order valence-corrected chi connectivity index (χ2v) is 7.63. The van der Waals surface area contributed by atoms with Gasteiger partial charge in [-0.1, -0.05) is 36.5 Å². The molecule has 0 amide bonds. The molecule has 1 aromatic rings. The first-order chi connectivity index (χ1) is 9.37. The van der Waals surface area contributed by atoms with Crippen molar-refractivity contribution in [3.63, 3.8) is 0 Å². The van der Waals surface area contributed by atoms with Crippen LogP contribution < -0.4 is 5.73 Å². The molecule has 0 aliphatic carbocycles. The summed E-state index contributed by atoms with van der Waals surface area (Å²) >= 11 is 12.1. The zero-order chi connectivity index (χ0) is 14.9. The van der Waals surface area contributed by atoms with E-state index in [4.69, 9.17) is 28.9 Å². The highest BCUT2D eigenvalue weighted by atomic mass is 35.5. The standard InChI is InChI=1S/C13H18Cl2N2O2S/c1-2-10-5-3-4-6-17(10)20(18,19)13-11(14)7-9(16)8-12(13)15/h7-8,10H,2-6,16H2,1H3. The molecule has 2 N–H and O–H groups in total. The summed E-state index contributed by atoms with van der Waals surface area (Å²) in [5.41, 5.74) is 5.98. The lowest BCUT2D eigenvalue weighted by Gasteiger charge is -2.34. The number of halogens is 2. The van der Waals surface area contributed by atoms with Crippen molar-refractivity contribution in [2.24, 2.45) is 0 Å². The van der Waals surface area contributed by atoms with Crippen molar-refractivity contribution in [3.05, 3.63) is 22.2 Å². The summed E-state index contributed by atoms with van der Waals surface area (Å²) < 4.78 is 27.2. The summed E-state index contributed by atoms with van der Waals surface area (Å²) in [5.74, 6) is 0. The van der Waals surface area contributed by atoms with Gasteiger partial charge in [-0.05, 0) is 31.4 Å². The largest absolute Gasteiger partial charge is 0.399 e. The number of benzene rings is 1. The van der Waals surface area contributed by atoms with Crippen LogP contribution >= 0.6 is 23.2 Å². The summed E-state index contributed by atoms with van der Waals surface area (Å²) in [6, 6.07) is 2.86. The summed E-state index contributed by atoms with van der Waals surface area (Å²) in [6.45, 7) is 2.50. The highest BCUT2D eigenvalue weighted by Crippen LogP contribution is 2.36. The van der Waals surface area contributed by atoms with Gasteiger partial charge in [0, 0.05) is 18.3 Å². The molecule has 112 valence electrons. The van der Waals surface area contributed by atoms with Gasteiger partial charge in [0.2, 0.25) is 10.0 Å². The smallest absolute Gasteiger partial charge is 0.246 e. The van der Waals surface area contributed by atoms with Gasteiger partial charge in [-0.15, -0.1) is 0 Å². The third-order valence-electron chi connectivity index (χ3n) is 3.63. The molecule has 1 aliphatic heterocycles. The second kappa shape index (κ2) is 6.10. The Labute approximate surface area is 129 Å². The fourth-order valence-electron chi connectivity index (χ4n) is 2.64. The summed E-state index contributed by atoms with van der Waals surface area (Å²) in [5, 5.41) is 0.158. The lowest BCUT2D eigenvalue weighted by atomic mass is 10.0. The fourth-order valence-corrected chi connectivity index (χ4v) is 5.59. The van der Waals surface area contributed by atoms with E-state index in [1.807, 2.05) is 6.92 Å². The lowest BCUT2D eigenvalue weighted by Crippen LogP contribution is -2.43. The van der Waals surface area contributed by atoms with Crippen LogP contribution in [0.15, 0.2) is 17.0 Å². The quantitative estimate of drug-likeness (QED) is 0.858.